The lowest BCUT2D eigenvalue weighted by Gasteiger charge is -2.35. The van der Waals surface area contributed by atoms with Crippen LogP contribution in [-0.4, -0.2) is 50.8 Å². The Morgan fingerprint density at radius 3 is 2.65 bits per heavy atom. The Hall–Kier alpha value is -3.16. The Labute approximate surface area is 150 Å². The third kappa shape index (κ3) is 4.08. The van der Waals surface area contributed by atoms with Crippen LogP contribution in [0.15, 0.2) is 42.7 Å². The maximum atomic E-state index is 12.5. The first-order chi connectivity index (χ1) is 12.5. The largest absolute Gasteiger partial charge is 0.481 e. The fraction of sp³-hybridized carbons (Fsp3) is 0.333. The van der Waals surface area contributed by atoms with Crippen LogP contribution in [0.1, 0.15) is 22.6 Å². The van der Waals surface area contributed by atoms with E-state index in [1.807, 2.05) is 6.07 Å². The lowest BCUT2D eigenvalue weighted by atomic mass is 9.88. The Balaban J connectivity index is 1.68. The van der Waals surface area contributed by atoms with Crippen molar-refractivity contribution >= 4 is 17.8 Å². The summed E-state index contributed by atoms with van der Waals surface area (Å²) in [6.45, 7) is 0.547. The van der Waals surface area contributed by atoms with Crippen molar-refractivity contribution in [1.29, 1.82) is 0 Å². The average Bonchev–Trinajstić information content (AvgIpc) is 3.20. The van der Waals surface area contributed by atoms with Gasteiger partial charge in [-0.15, -0.1) is 0 Å². The maximum absolute atomic E-state index is 12.5. The molecule has 1 saturated heterocycles. The monoisotopic (exact) mass is 356 g/mol. The van der Waals surface area contributed by atoms with Gasteiger partial charge in [-0.25, -0.2) is 0 Å². The molecule has 3 heterocycles. The quantitative estimate of drug-likeness (QED) is 0.736. The molecule has 1 aliphatic heterocycles. The van der Waals surface area contributed by atoms with E-state index in [1.165, 1.54) is 4.90 Å². The first-order valence-electron chi connectivity index (χ1n) is 8.37. The molecule has 1 aliphatic rings. The second-order valence-corrected chi connectivity index (χ2v) is 6.30. The third-order valence-corrected chi connectivity index (χ3v) is 4.46. The first-order valence-corrected chi connectivity index (χ1v) is 8.37. The highest BCUT2D eigenvalue weighted by Gasteiger charge is 2.37. The highest BCUT2D eigenvalue weighted by Crippen LogP contribution is 2.24. The molecule has 2 amide bonds. The topological polar surface area (TPSA) is 115 Å². The zero-order chi connectivity index (χ0) is 18.5. The van der Waals surface area contributed by atoms with Gasteiger partial charge in [0.25, 0.3) is 5.91 Å². The number of aromatic amines is 1. The van der Waals surface area contributed by atoms with E-state index < -0.39 is 17.8 Å². The predicted octanol–water partition coefficient (Wildman–Crippen LogP) is 0.889. The molecule has 1 fully saturated rings. The molecular formula is C18H20N4O4. The number of carboxylic acid groups (broad SMARTS) is 1. The van der Waals surface area contributed by atoms with Gasteiger partial charge >= 0.3 is 5.97 Å². The molecule has 0 bridgehead atoms. The molecule has 0 aromatic carbocycles. The van der Waals surface area contributed by atoms with Crippen molar-refractivity contribution < 1.29 is 19.5 Å². The fourth-order valence-electron chi connectivity index (χ4n) is 3.09. The minimum absolute atomic E-state index is 0.0945. The molecule has 0 aliphatic carbocycles. The number of aromatic nitrogens is 2. The van der Waals surface area contributed by atoms with Crippen molar-refractivity contribution in [3.05, 3.63) is 54.1 Å². The highest BCUT2D eigenvalue weighted by atomic mass is 16.4. The number of piperidine rings is 1. The maximum Gasteiger partial charge on any atom is 0.308 e. The zero-order valence-corrected chi connectivity index (χ0v) is 14.1. The number of carbonyl (C=O) groups is 3. The van der Waals surface area contributed by atoms with Crippen LogP contribution in [-0.2, 0) is 16.1 Å². The van der Waals surface area contributed by atoms with Crippen LogP contribution in [0.5, 0.6) is 0 Å². The number of rotatable bonds is 5. The molecule has 2 atom stereocenters. The van der Waals surface area contributed by atoms with E-state index in [-0.39, 0.29) is 37.9 Å². The lowest BCUT2D eigenvalue weighted by Crippen LogP contribution is -2.50. The van der Waals surface area contributed by atoms with Crippen molar-refractivity contribution in [2.45, 2.75) is 13.0 Å². The highest BCUT2D eigenvalue weighted by molar-refractivity contribution is 5.93. The van der Waals surface area contributed by atoms with Gasteiger partial charge in [-0.2, -0.15) is 0 Å². The van der Waals surface area contributed by atoms with Gasteiger partial charge in [0.05, 0.1) is 24.1 Å². The normalized spacial score (nSPS) is 19.8. The SMILES string of the molecule is O=C(O)[C@H]1C[C@@H](C(=O)NCc2ccccn2)CN(C(=O)c2ccc[nH]2)C1. The van der Waals surface area contributed by atoms with Crippen LogP contribution >= 0.6 is 0 Å². The second kappa shape index (κ2) is 7.81. The summed E-state index contributed by atoms with van der Waals surface area (Å²) in [6.07, 6.45) is 3.47. The molecule has 2 aromatic rings. The number of likely N-dealkylation sites (tertiary alicyclic amines) is 1. The molecule has 8 heteroatoms. The molecular weight excluding hydrogens is 336 g/mol. The molecule has 0 spiro atoms. The van der Waals surface area contributed by atoms with Gasteiger partial charge < -0.3 is 20.3 Å². The molecule has 136 valence electrons. The van der Waals surface area contributed by atoms with Crippen LogP contribution in [0.2, 0.25) is 0 Å². The number of aliphatic carboxylic acids is 1. The number of nitrogens with zero attached hydrogens (tertiary/aromatic N) is 2. The molecule has 3 rings (SSSR count). The molecule has 0 unspecified atom stereocenters. The summed E-state index contributed by atoms with van der Waals surface area (Å²) in [5.41, 5.74) is 1.09. The van der Waals surface area contributed by atoms with Crippen LogP contribution < -0.4 is 5.32 Å². The van der Waals surface area contributed by atoms with E-state index in [9.17, 15) is 19.5 Å². The average molecular weight is 356 g/mol. The summed E-state index contributed by atoms with van der Waals surface area (Å²) in [5, 5.41) is 12.2. The molecule has 2 aromatic heterocycles. The van der Waals surface area contributed by atoms with Gasteiger partial charge in [-0.1, -0.05) is 6.07 Å². The fourth-order valence-corrected chi connectivity index (χ4v) is 3.09. The van der Waals surface area contributed by atoms with Gasteiger partial charge in [0.2, 0.25) is 5.91 Å². The van der Waals surface area contributed by atoms with Gasteiger partial charge in [0.1, 0.15) is 5.69 Å². The number of H-pyrrole nitrogens is 1. The number of hydrogen-bond acceptors (Lipinski definition) is 4. The standard InChI is InChI=1S/C18H20N4O4/c23-16(21-9-14-4-1-2-6-19-14)12-8-13(18(25)26)11-22(10-12)17(24)15-5-3-7-20-15/h1-7,12-13,20H,8-11H2,(H,21,23)(H,25,26)/t12-,13+/m1/s1. The Morgan fingerprint density at radius 2 is 2.00 bits per heavy atom. The molecule has 8 nitrogen and oxygen atoms in total. The Bertz CT molecular complexity index is 776. The summed E-state index contributed by atoms with van der Waals surface area (Å²) < 4.78 is 0. The number of carbonyl (C=O) groups excluding carboxylic acids is 2. The molecule has 3 N–H and O–H groups in total. The lowest BCUT2D eigenvalue weighted by molar-refractivity contribution is -0.144. The summed E-state index contributed by atoms with van der Waals surface area (Å²) >= 11 is 0. The summed E-state index contributed by atoms with van der Waals surface area (Å²) in [5.74, 6) is -2.92. The number of carboxylic acids is 1. The summed E-state index contributed by atoms with van der Waals surface area (Å²) in [7, 11) is 0. The van der Waals surface area contributed by atoms with Crippen molar-refractivity contribution in [3.63, 3.8) is 0 Å². The van der Waals surface area contributed by atoms with Gasteiger partial charge in [0.15, 0.2) is 0 Å². The molecule has 26 heavy (non-hydrogen) atoms. The third-order valence-electron chi connectivity index (χ3n) is 4.46. The smallest absolute Gasteiger partial charge is 0.308 e. The van der Waals surface area contributed by atoms with E-state index in [0.717, 1.165) is 0 Å². The van der Waals surface area contributed by atoms with Crippen molar-refractivity contribution in [3.8, 4) is 0 Å². The minimum Gasteiger partial charge on any atom is -0.481 e. The number of amides is 2. The summed E-state index contributed by atoms with van der Waals surface area (Å²) in [6, 6.07) is 8.73. The second-order valence-electron chi connectivity index (χ2n) is 6.30. The van der Waals surface area contributed by atoms with Crippen LogP contribution in [0.25, 0.3) is 0 Å². The van der Waals surface area contributed by atoms with Crippen LogP contribution in [0.3, 0.4) is 0 Å². The van der Waals surface area contributed by atoms with Crippen LogP contribution in [0, 0.1) is 11.8 Å². The van der Waals surface area contributed by atoms with E-state index in [4.69, 9.17) is 0 Å². The zero-order valence-electron chi connectivity index (χ0n) is 14.1. The van der Waals surface area contributed by atoms with E-state index in [0.29, 0.717) is 11.4 Å². The Morgan fingerprint density at radius 1 is 1.19 bits per heavy atom. The minimum atomic E-state index is -1.00. The van der Waals surface area contributed by atoms with Gasteiger partial charge in [-0.3, -0.25) is 19.4 Å². The number of pyridine rings is 1. The van der Waals surface area contributed by atoms with Gasteiger partial charge in [0, 0.05) is 25.5 Å². The van der Waals surface area contributed by atoms with Crippen molar-refractivity contribution in [2.24, 2.45) is 11.8 Å². The van der Waals surface area contributed by atoms with Crippen molar-refractivity contribution in [1.82, 2.24) is 20.2 Å². The number of hydrogen-bond donors (Lipinski definition) is 3. The molecule has 0 saturated carbocycles. The van der Waals surface area contributed by atoms with Crippen molar-refractivity contribution in [2.75, 3.05) is 13.1 Å². The van der Waals surface area contributed by atoms with E-state index in [1.54, 1.807) is 36.7 Å². The van der Waals surface area contributed by atoms with Gasteiger partial charge in [-0.05, 0) is 30.7 Å². The molecule has 0 radical (unpaired) electrons. The van der Waals surface area contributed by atoms with E-state index in [2.05, 4.69) is 15.3 Å². The first kappa shape index (κ1) is 17.7. The summed E-state index contributed by atoms with van der Waals surface area (Å²) in [4.78, 5) is 44.9. The Kier molecular flexibility index (Phi) is 5.31. The number of nitrogens with one attached hydrogen (secondary N) is 2. The van der Waals surface area contributed by atoms with Crippen LogP contribution in [0.4, 0.5) is 0 Å². The predicted molar refractivity (Wildman–Crippen MR) is 92.0 cm³/mol. The van der Waals surface area contributed by atoms with E-state index >= 15 is 0 Å².